The number of rotatable bonds is 9. The number of carbonyl (C=O) groups is 2. The Labute approximate surface area is 204 Å². The number of ether oxygens (including phenoxy) is 4. The molecule has 2 rings (SSSR count). The molecular weight excluding hydrogens is 469 g/mol. The van der Waals surface area contributed by atoms with E-state index in [0.29, 0.717) is 21.5 Å². The number of hydrogen-bond donors (Lipinski definition) is 1. The predicted octanol–water partition coefficient (Wildman–Crippen LogP) is 5.37. The van der Waals surface area contributed by atoms with E-state index in [1.165, 1.54) is 7.11 Å². The minimum Gasteiger partial charge on any atom is -0.490 e. The molecule has 7 nitrogen and oxygen atoms in total. The quantitative estimate of drug-likeness (QED) is 0.370. The molecule has 0 aliphatic rings. The van der Waals surface area contributed by atoms with Crippen LogP contribution in [-0.4, -0.2) is 44.0 Å². The number of halogens is 2. The van der Waals surface area contributed by atoms with E-state index in [1.807, 2.05) is 6.92 Å². The van der Waals surface area contributed by atoms with E-state index in [-0.39, 0.29) is 19.6 Å². The fourth-order valence-electron chi connectivity index (χ4n) is 2.87. The van der Waals surface area contributed by atoms with E-state index < -0.39 is 23.7 Å². The smallest absolute Gasteiger partial charge is 0.408 e. The van der Waals surface area contributed by atoms with E-state index in [2.05, 4.69) is 5.32 Å². The van der Waals surface area contributed by atoms with Crippen molar-refractivity contribution in [3.8, 4) is 11.5 Å². The lowest BCUT2D eigenvalue weighted by Gasteiger charge is -2.22. The second-order valence-corrected chi connectivity index (χ2v) is 9.14. The number of nitrogens with one attached hydrogen (secondary N) is 1. The van der Waals surface area contributed by atoms with Crippen LogP contribution in [0.2, 0.25) is 10.0 Å². The normalized spacial score (nSPS) is 12.0. The number of methoxy groups -OCH3 is 1. The Morgan fingerprint density at radius 2 is 1.58 bits per heavy atom. The van der Waals surface area contributed by atoms with Gasteiger partial charge in [-0.2, -0.15) is 0 Å². The maximum atomic E-state index is 12.1. The summed E-state index contributed by atoms with van der Waals surface area (Å²) in [7, 11) is 1.27. The summed E-state index contributed by atoms with van der Waals surface area (Å²) < 4.78 is 21.3. The van der Waals surface area contributed by atoms with Gasteiger partial charge in [0.05, 0.1) is 17.2 Å². The van der Waals surface area contributed by atoms with E-state index in [4.69, 9.17) is 42.1 Å². The molecule has 0 aliphatic heterocycles. The lowest BCUT2D eigenvalue weighted by molar-refractivity contribution is -0.143. The summed E-state index contributed by atoms with van der Waals surface area (Å²) in [6, 6.07) is 9.82. The van der Waals surface area contributed by atoms with E-state index in [0.717, 1.165) is 11.1 Å². The second kappa shape index (κ2) is 12.0. The van der Waals surface area contributed by atoms with Crippen molar-refractivity contribution in [1.82, 2.24) is 5.32 Å². The third kappa shape index (κ3) is 9.02. The van der Waals surface area contributed by atoms with Crippen LogP contribution in [0.4, 0.5) is 4.79 Å². The molecular formula is C24H29Cl2NO6. The van der Waals surface area contributed by atoms with Gasteiger partial charge in [0.1, 0.15) is 30.6 Å². The van der Waals surface area contributed by atoms with Gasteiger partial charge in [0.2, 0.25) is 0 Å². The number of carbonyl (C=O) groups excluding carboxylic acids is 2. The molecule has 0 heterocycles. The molecule has 0 saturated heterocycles. The average Bonchev–Trinajstić information content (AvgIpc) is 2.71. The molecule has 1 unspecified atom stereocenters. The Bertz CT molecular complexity index is 933. The van der Waals surface area contributed by atoms with Crippen LogP contribution in [0, 0.1) is 6.92 Å². The van der Waals surface area contributed by atoms with E-state index in [9.17, 15) is 9.59 Å². The summed E-state index contributed by atoms with van der Waals surface area (Å²) in [5.74, 6) is 0.485. The lowest BCUT2D eigenvalue weighted by Crippen LogP contribution is -2.45. The highest BCUT2D eigenvalue weighted by atomic mass is 35.5. The summed E-state index contributed by atoms with van der Waals surface area (Å²) in [4.78, 5) is 24.1. The number of alkyl carbamates (subject to hydrolysis) is 1. The van der Waals surface area contributed by atoms with Crippen LogP contribution >= 0.6 is 23.2 Å². The monoisotopic (exact) mass is 497 g/mol. The zero-order chi connectivity index (χ0) is 24.6. The SMILES string of the molecule is COC(=O)C(Cc1ccc(OCCOc2c(Cl)cc(C)cc2Cl)cc1)NC(=O)OC(C)(C)C. The van der Waals surface area contributed by atoms with Crippen molar-refractivity contribution >= 4 is 35.3 Å². The first-order valence-electron chi connectivity index (χ1n) is 10.4. The number of benzene rings is 2. The molecule has 2 aromatic carbocycles. The van der Waals surface area contributed by atoms with Crippen molar-refractivity contribution < 1.29 is 28.5 Å². The number of amides is 1. The Hall–Kier alpha value is -2.64. The summed E-state index contributed by atoms with van der Waals surface area (Å²) >= 11 is 12.3. The summed E-state index contributed by atoms with van der Waals surface area (Å²) in [5.41, 5.74) is 1.08. The summed E-state index contributed by atoms with van der Waals surface area (Å²) in [6.45, 7) is 7.67. The van der Waals surface area contributed by atoms with Crippen LogP contribution in [0.1, 0.15) is 31.9 Å². The second-order valence-electron chi connectivity index (χ2n) is 8.32. The van der Waals surface area contributed by atoms with Crippen LogP contribution in [0.5, 0.6) is 11.5 Å². The topological polar surface area (TPSA) is 83.1 Å². The van der Waals surface area contributed by atoms with Crippen LogP contribution in [0.15, 0.2) is 36.4 Å². The molecule has 9 heteroatoms. The molecule has 1 N–H and O–H groups in total. The third-order valence-electron chi connectivity index (χ3n) is 4.28. The van der Waals surface area contributed by atoms with Crippen molar-refractivity contribution in [3.63, 3.8) is 0 Å². The van der Waals surface area contributed by atoms with Crippen LogP contribution < -0.4 is 14.8 Å². The van der Waals surface area contributed by atoms with Gasteiger partial charge in [0.25, 0.3) is 0 Å². The molecule has 0 radical (unpaired) electrons. The maximum Gasteiger partial charge on any atom is 0.408 e. The largest absolute Gasteiger partial charge is 0.490 e. The Balaban J connectivity index is 1.88. The first-order chi connectivity index (χ1) is 15.5. The molecule has 1 amide bonds. The lowest BCUT2D eigenvalue weighted by atomic mass is 10.1. The highest BCUT2D eigenvalue weighted by Crippen LogP contribution is 2.33. The number of hydrogen-bond acceptors (Lipinski definition) is 6. The zero-order valence-electron chi connectivity index (χ0n) is 19.4. The van der Waals surface area contributed by atoms with Crippen molar-refractivity contribution in [2.75, 3.05) is 20.3 Å². The number of aryl methyl sites for hydroxylation is 1. The Morgan fingerprint density at radius 3 is 2.12 bits per heavy atom. The Morgan fingerprint density at radius 1 is 1.00 bits per heavy atom. The first kappa shape index (κ1) is 26.6. The molecule has 2 aromatic rings. The van der Waals surface area contributed by atoms with Crippen molar-refractivity contribution in [2.45, 2.75) is 45.8 Å². The van der Waals surface area contributed by atoms with E-state index >= 15 is 0 Å². The Kier molecular flexibility index (Phi) is 9.68. The van der Waals surface area contributed by atoms with Crippen LogP contribution in [0.3, 0.4) is 0 Å². The highest BCUT2D eigenvalue weighted by Gasteiger charge is 2.25. The molecule has 33 heavy (non-hydrogen) atoms. The van der Waals surface area contributed by atoms with Gasteiger partial charge >= 0.3 is 12.1 Å². The van der Waals surface area contributed by atoms with Gasteiger partial charge in [-0.05, 0) is 63.1 Å². The zero-order valence-corrected chi connectivity index (χ0v) is 20.9. The van der Waals surface area contributed by atoms with Gasteiger partial charge in [-0.25, -0.2) is 9.59 Å². The molecule has 180 valence electrons. The molecule has 0 aromatic heterocycles. The molecule has 0 saturated carbocycles. The van der Waals surface area contributed by atoms with Gasteiger partial charge in [0, 0.05) is 6.42 Å². The average molecular weight is 498 g/mol. The summed E-state index contributed by atoms with van der Waals surface area (Å²) in [5, 5.41) is 3.45. The summed E-state index contributed by atoms with van der Waals surface area (Å²) in [6.07, 6.45) is -0.452. The third-order valence-corrected chi connectivity index (χ3v) is 4.84. The fourth-order valence-corrected chi connectivity index (χ4v) is 3.58. The molecule has 0 fully saturated rings. The minimum atomic E-state index is -0.881. The van der Waals surface area contributed by atoms with Gasteiger partial charge in [-0.3, -0.25) is 0 Å². The van der Waals surface area contributed by atoms with Gasteiger partial charge in [0.15, 0.2) is 5.75 Å². The molecule has 0 spiro atoms. The van der Waals surface area contributed by atoms with Crippen LogP contribution in [-0.2, 0) is 20.7 Å². The maximum absolute atomic E-state index is 12.1. The van der Waals surface area contributed by atoms with Crippen molar-refractivity contribution in [3.05, 3.63) is 57.6 Å². The number of esters is 1. The molecule has 1 atom stereocenters. The van der Waals surface area contributed by atoms with Gasteiger partial charge < -0.3 is 24.3 Å². The van der Waals surface area contributed by atoms with Gasteiger partial charge in [-0.15, -0.1) is 0 Å². The van der Waals surface area contributed by atoms with Gasteiger partial charge in [-0.1, -0.05) is 35.3 Å². The first-order valence-corrected chi connectivity index (χ1v) is 11.1. The van der Waals surface area contributed by atoms with Crippen molar-refractivity contribution in [1.29, 1.82) is 0 Å². The van der Waals surface area contributed by atoms with Crippen LogP contribution in [0.25, 0.3) is 0 Å². The standard InChI is InChI=1S/C24H29Cl2NO6/c1-15-12-18(25)21(19(26)13-15)32-11-10-31-17-8-6-16(7-9-17)14-20(22(28)30-5)27-23(29)33-24(2,3)4/h6-9,12-13,20H,10-11,14H2,1-5H3,(H,27,29). The van der Waals surface area contributed by atoms with Crippen molar-refractivity contribution in [2.24, 2.45) is 0 Å². The predicted molar refractivity (Wildman–Crippen MR) is 128 cm³/mol. The molecule has 0 bridgehead atoms. The highest BCUT2D eigenvalue weighted by molar-refractivity contribution is 6.37. The fraction of sp³-hybridized carbons (Fsp3) is 0.417. The van der Waals surface area contributed by atoms with E-state index in [1.54, 1.807) is 57.2 Å². The minimum absolute atomic E-state index is 0.236. The molecule has 0 aliphatic carbocycles.